The van der Waals surface area contributed by atoms with Gasteiger partial charge in [0.15, 0.2) is 0 Å². The normalized spacial score (nSPS) is 21.8. The molecular formula is C13H16F4N2O. The lowest BCUT2D eigenvalue weighted by Crippen LogP contribution is -2.38. The van der Waals surface area contributed by atoms with Crippen LogP contribution in [0.4, 0.5) is 17.6 Å². The Hall–Kier alpha value is -1.18. The molecule has 0 spiro atoms. The molecule has 1 aliphatic heterocycles. The molecule has 0 radical (unpaired) electrons. The van der Waals surface area contributed by atoms with Gasteiger partial charge in [0, 0.05) is 18.1 Å². The fourth-order valence-corrected chi connectivity index (χ4v) is 2.52. The van der Waals surface area contributed by atoms with E-state index in [1.807, 2.05) is 0 Å². The standard InChI is InChI=1S/C13H16F4N2O/c14-11-9(4-1-5-10(11)13(15,16)17)12(19-18)8-3-2-6-20-7-8/h1,4-5,8,12,19H,2-3,6-7,18H2. The maximum absolute atomic E-state index is 14.1. The monoisotopic (exact) mass is 292 g/mol. The minimum atomic E-state index is -4.72. The van der Waals surface area contributed by atoms with Crippen molar-refractivity contribution in [2.24, 2.45) is 11.8 Å². The zero-order valence-electron chi connectivity index (χ0n) is 10.7. The molecule has 3 N–H and O–H groups in total. The first-order chi connectivity index (χ1) is 9.45. The van der Waals surface area contributed by atoms with E-state index in [0.717, 1.165) is 18.9 Å². The Kier molecular flexibility index (Phi) is 4.62. The molecule has 2 rings (SSSR count). The summed E-state index contributed by atoms with van der Waals surface area (Å²) in [6, 6.07) is 2.54. The summed E-state index contributed by atoms with van der Waals surface area (Å²) < 4.78 is 57.6. The van der Waals surface area contributed by atoms with E-state index in [9.17, 15) is 17.6 Å². The van der Waals surface area contributed by atoms with E-state index in [1.54, 1.807) is 0 Å². The van der Waals surface area contributed by atoms with Crippen molar-refractivity contribution in [2.75, 3.05) is 13.2 Å². The Balaban J connectivity index is 2.34. The number of rotatable bonds is 3. The van der Waals surface area contributed by atoms with Gasteiger partial charge in [0.25, 0.3) is 0 Å². The van der Waals surface area contributed by atoms with Crippen LogP contribution >= 0.6 is 0 Å². The topological polar surface area (TPSA) is 47.3 Å². The van der Waals surface area contributed by atoms with Crippen molar-refractivity contribution in [2.45, 2.75) is 25.1 Å². The first-order valence-electron chi connectivity index (χ1n) is 6.34. The summed E-state index contributed by atoms with van der Waals surface area (Å²) in [6.07, 6.45) is -3.21. The van der Waals surface area contributed by atoms with E-state index in [-0.39, 0.29) is 11.5 Å². The Bertz CT molecular complexity index is 458. The van der Waals surface area contributed by atoms with E-state index in [0.29, 0.717) is 13.2 Å². The predicted molar refractivity (Wildman–Crippen MR) is 65.0 cm³/mol. The van der Waals surface area contributed by atoms with Crippen LogP contribution in [0.2, 0.25) is 0 Å². The predicted octanol–water partition coefficient (Wildman–Crippen LogP) is 2.78. The second kappa shape index (κ2) is 6.07. The zero-order valence-corrected chi connectivity index (χ0v) is 10.7. The van der Waals surface area contributed by atoms with Crippen LogP contribution in [-0.2, 0) is 10.9 Å². The van der Waals surface area contributed by atoms with Gasteiger partial charge in [-0.1, -0.05) is 12.1 Å². The van der Waals surface area contributed by atoms with Gasteiger partial charge < -0.3 is 4.74 Å². The molecule has 7 heteroatoms. The highest BCUT2D eigenvalue weighted by Crippen LogP contribution is 2.36. The van der Waals surface area contributed by atoms with Crippen LogP contribution in [0, 0.1) is 11.7 Å². The van der Waals surface area contributed by atoms with Crippen LogP contribution in [0.15, 0.2) is 18.2 Å². The second-order valence-electron chi connectivity index (χ2n) is 4.83. The Morgan fingerprint density at radius 3 is 2.65 bits per heavy atom. The lowest BCUT2D eigenvalue weighted by Gasteiger charge is -2.30. The largest absolute Gasteiger partial charge is 0.419 e. The molecule has 1 heterocycles. The lowest BCUT2D eigenvalue weighted by atomic mass is 9.88. The van der Waals surface area contributed by atoms with Crippen LogP contribution < -0.4 is 11.3 Å². The smallest absolute Gasteiger partial charge is 0.381 e. The van der Waals surface area contributed by atoms with Gasteiger partial charge >= 0.3 is 6.18 Å². The molecule has 0 aliphatic carbocycles. The SMILES string of the molecule is NNC(c1cccc(C(F)(F)F)c1F)C1CCCOC1. The van der Waals surface area contributed by atoms with Gasteiger partial charge in [-0.3, -0.25) is 11.3 Å². The minimum Gasteiger partial charge on any atom is -0.381 e. The number of nitrogens with one attached hydrogen (secondary N) is 1. The summed E-state index contributed by atoms with van der Waals surface area (Å²) in [7, 11) is 0. The molecule has 1 aromatic carbocycles. The van der Waals surface area contributed by atoms with E-state index in [2.05, 4.69) is 5.43 Å². The van der Waals surface area contributed by atoms with Gasteiger partial charge in [0.1, 0.15) is 5.82 Å². The first kappa shape index (κ1) is 15.2. The third-order valence-corrected chi connectivity index (χ3v) is 3.52. The highest BCUT2D eigenvalue weighted by atomic mass is 19.4. The number of ether oxygens (including phenoxy) is 1. The van der Waals surface area contributed by atoms with Gasteiger partial charge in [-0.05, 0) is 18.9 Å². The summed E-state index contributed by atoms with van der Waals surface area (Å²) in [5.74, 6) is 3.99. The van der Waals surface area contributed by atoms with Crippen molar-refractivity contribution in [3.63, 3.8) is 0 Å². The highest BCUT2D eigenvalue weighted by Gasteiger charge is 2.37. The molecule has 20 heavy (non-hydrogen) atoms. The van der Waals surface area contributed by atoms with Crippen molar-refractivity contribution in [3.8, 4) is 0 Å². The quantitative estimate of drug-likeness (QED) is 0.511. The van der Waals surface area contributed by atoms with Crippen molar-refractivity contribution >= 4 is 0 Å². The summed E-state index contributed by atoms with van der Waals surface area (Å²) in [5.41, 5.74) is 1.08. The van der Waals surface area contributed by atoms with Crippen LogP contribution in [0.25, 0.3) is 0 Å². The summed E-state index contributed by atoms with van der Waals surface area (Å²) >= 11 is 0. The molecule has 2 unspecified atom stereocenters. The van der Waals surface area contributed by atoms with Gasteiger partial charge in [0.2, 0.25) is 0 Å². The Morgan fingerprint density at radius 1 is 1.35 bits per heavy atom. The molecule has 0 amide bonds. The highest BCUT2D eigenvalue weighted by molar-refractivity contribution is 5.30. The zero-order chi connectivity index (χ0) is 14.8. The maximum Gasteiger partial charge on any atom is 0.419 e. The fourth-order valence-electron chi connectivity index (χ4n) is 2.52. The second-order valence-corrected chi connectivity index (χ2v) is 4.83. The van der Waals surface area contributed by atoms with Crippen LogP contribution in [-0.4, -0.2) is 13.2 Å². The maximum atomic E-state index is 14.1. The van der Waals surface area contributed by atoms with E-state index >= 15 is 0 Å². The Morgan fingerprint density at radius 2 is 2.10 bits per heavy atom. The Labute approximate surface area is 114 Å². The number of benzene rings is 1. The van der Waals surface area contributed by atoms with Crippen molar-refractivity contribution < 1.29 is 22.3 Å². The van der Waals surface area contributed by atoms with Crippen molar-refractivity contribution in [1.82, 2.24) is 5.43 Å². The summed E-state index contributed by atoms with van der Waals surface area (Å²) in [6.45, 7) is 0.962. The van der Waals surface area contributed by atoms with Crippen LogP contribution in [0.1, 0.15) is 30.0 Å². The molecule has 0 aromatic heterocycles. The molecule has 2 atom stereocenters. The first-order valence-corrected chi connectivity index (χ1v) is 6.34. The fraction of sp³-hybridized carbons (Fsp3) is 0.538. The average molecular weight is 292 g/mol. The van der Waals surface area contributed by atoms with E-state index in [4.69, 9.17) is 10.6 Å². The number of halogens is 4. The molecule has 1 aromatic rings. The van der Waals surface area contributed by atoms with Gasteiger partial charge in [0.05, 0.1) is 18.2 Å². The molecule has 112 valence electrons. The van der Waals surface area contributed by atoms with Gasteiger partial charge in [-0.15, -0.1) is 0 Å². The van der Waals surface area contributed by atoms with Crippen LogP contribution in [0.5, 0.6) is 0 Å². The molecule has 0 bridgehead atoms. The van der Waals surface area contributed by atoms with E-state index < -0.39 is 23.6 Å². The van der Waals surface area contributed by atoms with E-state index in [1.165, 1.54) is 12.1 Å². The average Bonchev–Trinajstić information content (AvgIpc) is 2.41. The van der Waals surface area contributed by atoms with Gasteiger partial charge in [-0.2, -0.15) is 13.2 Å². The lowest BCUT2D eigenvalue weighted by molar-refractivity contribution is -0.140. The third kappa shape index (κ3) is 3.11. The minimum absolute atomic E-state index is 0.0715. The number of hydrazine groups is 1. The molecule has 1 saturated heterocycles. The van der Waals surface area contributed by atoms with Gasteiger partial charge in [-0.25, -0.2) is 4.39 Å². The van der Waals surface area contributed by atoms with Crippen molar-refractivity contribution in [3.05, 3.63) is 35.1 Å². The van der Waals surface area contributed by atoms with Crippen LogP contribution in [0.3, 0.4) is 0 Å². The number of nitrogens with two attached hydrogens (primary N) is 1. The molecule has 0 saturated carbocycles. The van der Waals surface area contributed by atoms with Crippen molar-refractivity contribution in [1.29, 1.82) is 0 Å². The number of hydrogen-bond acceptors (Lipinski definition) is 3. The molecule has 1 fully saturated rings. The summed E-state index contributed by atoms with van der Waals surface area (Å²) in [4.78, 5) is 0. The number of hydrogen-bond donors (Lipinski definition) is 2. The molecule has 3 nitrogen and oxygen atoms in total. The summed E-state index contributed by atoms with van der Waals surface area (Å²) in [5, 5.41) is 0. The number of alkyl halides is 3. The third-order valence-electron chi connectivity index (χ3n) is 3.52. The molecular weight excluding hydrogens is 276 g/mol. The molecule has 1 aliphatic rings.